The van der Waals surface area contributed by atoms with Gasteiger partial charge in [0.05, 0.1) is 33.8 Å². The molecule has 0 N–H and O–H groups in total. The van der Waals surface area contributed by atoms with Crippen LogP contribution < -0.4 is 24.5 Å². The summed E-state index contributed by atoms with van der Waals surface area (Å²) in [7, 11) is 5.83. The Balaban J connectivity index is 1.84. The Morgan fingerprint density at radius 1 is 0.732 bits per heavy atom. The number of nitrogens with zero attached hydrogens (tertiary/aromatic N) is 1. The zero-order valence-electron chi connectivity index (χ0n) is 23.2. The SMILES string of the molecule is COC(=O)c1c(-c2cc(OC)c(OC)c(OC)c2)c2ccc(OCc3ccccc3)cc2c(=O)n1-c1ccccc1. The lowest BCUT2D eigenvalue weighted by Gasteiger charge is -2.21. The Morgan fingerprint density at radius 2 is 1.37 bits per heavy atom. The molecule has 0 spiro atoms. The Labute approximate surface area is 237 Å². The minimum Gasteiger partial charge on any atom is -0.493 e. The fourth-order valence-corrected chi connectivity index (χ4v) is 4.84. The van der Waals surface area contributed by atoms with Crippen molar-refractivity contribution in [3.8, 4) is 39.8 Å². The molecule has 4 aromatic carbocycles. The van der Waals surface area contributed by atoms with Gasteiger partial charge in [0.1, 0.15) is 18.1 Å². The van der Waals surface area contributed by atoms with E-state index in [4.69, 9.17) is 23.7 Å². The normalized spacial score (nSPS) is 10.7. The summed E-state index contributed by atoms with van der Waals surface area (Å²) in [5.74, 6) is 1.02. The van der Waals surface area contributed by atoms with Crippen LogP contribution in [-0.4, -0.2) is 39.0 Å². The monoisotopic (exact) mass is 551 g/mol. The highest BCUT2D eigenvalue weighted by Gasteiger charge is 2.27. The summed E-state index contributed by atoms with van der Waals surface area (Å²) in [5, 5.41) is 0.889. The summed E-state index contributed by atoms with van der Waals surface area (Å²) >= 11 is 0. The molecule has 0 radical (unpaired) electrons. The third-order valence-electron chi connectivity index (χ3n) is 6.75. The van der Waals surface area contributed by atoms with Crippen molar-refractivity contribution in [2.45, 2.75) is 6.61 Å². The van der Waals surface area contributed by atoms with Gasteiger partial charge in [-0.25, -0.2) is 4.79 Å². The van der Waals surface area contributed by atoms with Crippen LogP contribution in [0, 0.1) is 0 Å². The van der Waals surface area contributed by atoms with E-state index >= 15 is 0 Å². The van der Waals surface area contributed by atoms with E-state index in [2.05, 4.69) is 0 Å². The van der Waals surface area contributed by atoms with Crippen LogP contribution in [0.5, 0.6) is 23.0 Å². The summed E-state index contributed by atoms with van der Waals surface area (Å²) < 4.78 is 29.4. The molecule has 0 amide bonds. The number of para-hydroxylation sites is 1. The first kappa shape index (κ1) is 27.3. The number of carbonyl (C=O) groups is 1. The molecule has 0 saturated carbocycles. The quantitative estimate of drug-likeness (QED) is 0.206. The highest BCUT2D eigenvalue weighted by molar-refractivity contribution is 6.07. The maximum absolute atomic E-state index is 14.2. The lowest BCUT2D eigenvalue weighted by atomic mass is 9.95. The minimum atomic E-state index is -0.680. The number of ether oxygens (including phenoxy) is 5. The van der Waals surface area contributed by atoms with Gasteiger partial charge in [0, 0.05) is 11.3 Å². The highest BCUT2D eigenvalue weighted by atomic mass is 16.5. The van der Waals surface area contributed by atoms with Gasteiger partial charge in [-0.2, -0.15) is 0 Å². The smallest absolute Gasteiger partial charge is 0.355 e. The van der Waals surface area contributed by atoms with Crippen molar-refractivity contribution in [2.24, 2.45) is 0 Å². The van der Waals surface area contributed by atoms with Gasteiger partial charge < -0.3 is 23.7 Å². The van der Waals surface area contributed by atoms with Gasteiger partial charge in [-0.05, 0) is 59.0 Å². The number of pyridine rings is 1. The fraction of sp³-hybridized carbons (Fsp3) is 0.152. The van der Waals surface area contributed by atoms with E-state index < -0.39 is 11.5 Å². The molecule has 0 aliphatic heterocycles. The van der Waals surface area contributed by atoms with Crippen molar-refractivity contribution in [3.05, 3.63) is 113 Å². The van der Waals surface area contributed by atoms with Crippen LogP contribution in [0.1, 0.15) is 16.1 Å². The lowest BCUT2D eigenvalue weighted by Crippen LogP contribution is -2.26. The standard InChI is InChI=1S/C33H29NO7/c1-37-27-17-22(18-28(38-2)31(27)39-3)29-25-16-15-24(41-20-21-11-7-5-8-12-21)19-26(25)32(35)34(30(29)33(36)40-4)23-13-9-6-10-14-23/h5-19H,20H2,1-4H3. The van der Waals surface area contributed by atoms with E-state index in [0.29, 0.717) is 57.2 Å². The number of hydrogen-bond acceptors (Lipinski definition) is 7. The second-order valence-corrected chi connectivity index (χ2v) is 9.09. The van der Waals surface area contributed by atoms with Gasteiger partial charge in [0.25, 0.3) is 5.56 Å². The number of aromatic nitrogens is 1. The molecular formula is C33H29NO7. The molecule has 0 fully saturated rings. The van der Waals surface area contributed by atoms with Crippen molar-refractivity contribution in [1.82, 2.24) is 4.57 Å². The van der Waals surface area contributed by atoms with Crippen LogP contribution >= 0.6 is 0 Å². The van der Waals surface area contributed by atoms with Crippen LogP contribution in [-0.2, 0) is 11.3 Å². The zero-order chi connectivity index (χ0) is 28.9. The molecule has 0 unspecified atom stereocenters. The molecule has 1 aromatic heterocycles. The first-order chi connectivity index (χ1) is 20.0. The van der Waals surface area contributed by atoms with E-state index in [1.54, 1.807) is 54.6 Å². The van der Waals surface area contributed by atoms with Gasteiger partial charge in [-0.1, -0.05) is 48.5 Å². The van der Waals surface area contributed by atoms with Crippen molar-refractivity contribution >= 4 is 16.7 Å². The second-order valence-electron chi connectivity index (χ2n) is 9.09. The maximum Gasteiger partial charge on any atom is 0.355 e. The number of methoxy groups -OCH3 is 4. The number of esters is 1. The molecule has 0 saturated heterocycles. The molecule has 0 bridgehead atoms. The predicted molar refractivity (Wildman–Crippen MR) is 157 cm³/mol. The third kappa shape index (κ3) is 5.19. The Morgan fingerprint density at radius 3 is 1.95 bits per heavy atom. The van der Waals surface area contributed by atoms with E-state index in [9.17, 15) is 9.59 Å². The molecule has 8 heteroatoms. The van der Waals surface area contributed by atoms with Crippen molar-refractivity contribution in [3.63, 3.8) is 0 Å². The van der Waals surface area contributed by atoms with E-state index in [1.165, 1.54) is 33.0 Å². The minimum absolute atomic E-state index is 0.0587. The van der Waals surface area contributed by atoms with Gasteiger partial charge in [0.15, 0.2) is 11.5 Å². The summed E-state index contributed by atoms with van der Waals surface area (Å²) in [6, 6.07) is 27.4. The van der Waals surface area contributed by atoms with Gasteiger partial charge >= 0.3 is 5.97 Å². The van der Waals surface area contributed by atoms with Crippen molar-refractivity contribution in [2.75, 3.05) is 28.4 Å². The van der Waals surface area contributed by atoms with Crippen LogP contribution in [0.3, 0.4) is 0 Å². The second kappa shape index (κ2) is 11.9. The summed E-state index contributed by atoms with van der Waals surface area (Å²) in [6.07, 6.45) is 0. The maximum atomic E-state index is 14.2. The summed E-state index contributed by atoms with van der Waals surface area (Å²) in [5.41, 5.74) is 2.19. The van der Waals surface area contributed by atoms with E-state index in [-0.39, 0.29) is 5.69 Å². The molecule has 1 heterocycles. The largest absolute Gasteiger partial charge is 0.493 e. The van der Waals surface area contributed by atoms with Crippen LogP contribution in [0.25, 0.3) is 27.6 Å². The summed E-state index contributed by atoms with van der Waals surface area (Å²) in [4.78, 5) is 27.6. The number of rotatable bonds is 9. The first-order valence-corrected chi connectivity index (χ1v) is 12.8. The first-order valence-electron chi connectivity index (χ1n) is 12.8. The predicted octanol–water partition coefficient (Wildman–Crippen LogP) is 6.05. The van der Waals surface area contributed by atoms with E-state index in [0.717, 1.165) is 5.56 Å². The number of benzene rings is 4. The average molecular weight is 552 g/mol. The molecule has 0 aliphatic carbocycles. The lowest BCUT2D eigenvalue weighted by molar-refractivity contribution is 0.0591. The Bertz CT molecular complexity index is 1740. The van der Waals surface area contributed by atoms with Crippen LogP contribution in [0.15, 0.2) is 95.8 Å². The van der Waals surface area contributed by atoms with Crippen LogP contribution in [0.2, 0.25) is 0 Å². The number of hydrogen-bond donors (Lipinski definition) is 0. The molecule has 5 aromatic rings. The molecule has 0 atom stereocenters. The Kier molecular flexibility index (Phi) is 7.92. The summed E-state index contributed by atoms with van der Waals surface area (Å²) in [6.45, 7) is 0.333. The number of fused-ring (bicyclic) bond motifs is 1. The number of carbonyl (C=O) groups excluding carboxylic acids is 1. The van der Waals surface area contributed by atoms with Crippen molar-refractivity contribution < 1.29 is 28.5 Å². The molecular weight excluding hydrogens is 522 g/mol. The van der Waals surface area contributed by atoms with Crippen molar-refractivity contribution in [1.29, 1.82) is 0 Å². The molecule has 5 rings (SSSR count). The third-order valence-corrected chi connectivity index (χ3v) is 6.75. The fourth-order valence-electron chi connectivity index (χ4n) is 4.84. The highest BCUT2D eigenvalue weighted by Crippen LogP contribution is 2.44. The van der Waals surface area contributed by atoms with Gasteiger partial charge in [0.2, 0.25) is 5.75 Å². The van der Waals surface area contributed by atoms with Gasteiger partial charge in [-0.3, -0.25) is 9.36 Å². The van der Waals surface area contributed by atoms with E-state index in [1.807, 2.05) is 36.4 Å². The zero-order valence-corrected chi connectivity index (χ0v) is 23.2. The molecule has 8 nitrogen and oxygen atoms in total. The average Bonchev–Trinajstić information content (AvgIpc) is 3.03. The topological polar surface area (TPSA) is 85.2 Å². The van der Waals surface area contributed by atoms with Gasteiger partial charge in [-0.15, -0.1) is 0 Å². The molecule has 0 aliphatic rings. The Hall–Kier alpha value is -5.24. The molecule has 41 heavy (non-hydrogen) atoms. The molecule has 208 valence electrons. The van der Waals surface area contributed by atoms with Crippen LogP contribution in [0.4, 0.5) is 0 Å².